The molecule has 2 aliphatic carbocycles. The van der Waals surface area contributed by atoms with E-state index in [1.807, 2.05) is 0 Å². The van der Waals surface area contributed by atoms with Crippen LogP contribution in [-0.4, -0.2) is 5.78 Å². The number of fused-ring (bicyclic) bond motifs is 1. The van der Waals surface area contributed by atoms with E-state index in [0.29, 0.717) is 17.5 Å². The zero-order valence-electron chi connectivity index (χ0n) is 7.14. The average molecular weight is 176 g/mol. The molecule has 2 heteroatoms. The van der Waals surface area contributed by atoms with Gasteiger partial charge in [-0.05, 0) is 30.9 Å². The molecule has 0 saturated heterocycles. The van der Waals surface area contributed by atoms with E-state index in [1.54, 1.807) is 12.1 Å². The number of rotatable bonds is 0. The van der Waals surface area contributed by atoms with Crippen molar-refractivity contribution in [2.24, 2.45) is 5.41 Å². The van der Waals surface area contributed by atoms with Crippen LogP contribution in [0.2, 0.25) is 0 Å². The van der Waals surface area contributed by atoms with Crippen molar-refractivity contribution >= 4 is 5.78 Å². The number of hydrogen-bond donors (Lipinski definition) is 0. The molecule has 0 atom stereocenters. The van der Waals surface area contributed by atoms with Crippen LogP contribution in [0, 0.1) is 11.2 Å². The summed E-state index contributed by atoms with van der Waals surface area (Å²) in [5, 5.41) is 0. The molecule has 1 aromatic carbocycles. The summed E-state index contributed by atoms with van der Waals surface area (Å²) >= 11 is 0. The van der Waals surface area contributed by atoms with Gasteiger partial charge < -0.3 is 0 Å². The van der Waals surface area contributed by atoms with Gasteiger partial charge in [-0.3, -0.25) is 4.79 Å². The van der Waals surface area contributed by atoms with Gasteiger partial charge >= 0.3 is 0 Å². The van der Waals surface area contributed by atoms with Gasteiger partial charge in [0.1, 0.15) is 5.82 Å². The van der Waals surface area contributed by atoms with Gasteiger partial charge in [0.2, 0.25) is 0 Å². The molecule has 0 heterocycles. The van der Waals surface area contributed by atoms with Gasteiger partial charge in [0.25, 0.3) is 0 Å². The highest BCUT2D eigenvalue weighted by Crippen LogP contribution is 2.55. The monoisotopic (exact) mass is 176 g/mol. The van der Waals surface area contributed by atoms with Crippen LogP contribution in [0.5, 0.6) is 0 Å². The van der Waals surface area contributed by atoms with E-state index in [9.17, 15) is 9.18 Å². The van der Waals surface area contributed by atoms with Crippen molar-refractivity contribution < 1.29 is 9.18 Å². The molecule has 66 valence electrons. The Hall–Kier alpha value is -1.18. The summed E-state index contributed by atoms with van der Waals surface area (Å²) in [7, 11) is 0. The second-order valence-corrected chi connectivity index (χ2v) is 4.05. The lowest BCUT2D eigenvalue weighted by molar-refractivity contribution is 0.0919. The predicted molar refractivity (Wildman–Crippen MR) is 46.1 cm³/mol. The van der Waals surface area contributed by atoms with Crippen molar-refractivity contribution in [3.8, 4) is 0 Å². The summed E-state index contributed by atoms with van der Waals surface area (Å²) in [5.41, 5.74) is 1.09. The van der Waals surface area contributed by atoms with Crippen LogP contribution in [0.3, 0.4) is 0 Å². The van der Waals surface area contributed by atoms with Gasteiger partial charge in [-0.2, -0.15) is 0 Å². The lowest BCUT2D eigenvalue weighted by Crippen LogP contribution is -2.08. The third kappa shape index (κ3) is 0.781. The zero-order valence-corrected chi connectivity index (χ0v) is 7.14. The van der Waals surface area contributed by atoms with Gasteiger partial charge in [0.05, 0.1) is 0 Å². The standard InChI is InChI=1S/C11H9FO/c12-9-3-1-2-7-8(9)6-11(4-5-11)10(7)13/h1-3H,4-6H2. The maximum absolute atomic E-state index is 13.3. The highest BCUT2D eigenvalue weighted by Gasteiger charge is 2.54. The van der Waals surface area contributed by atoms with E-state index < -0.39 is 0 Å². The van der Waals surface area contributed by atoms with E-state index in [0.717, 1.165) is 12.8 Å². The fourth-order valence-corrected chi connectivity index (χ4v) is 2.21. The molecule has 0 aromatic heterocycles. The summed E-state index contributed by atoms with van der Waals surface area (Å²) < 4.78 is 13.3. The molecule has 3 rings (SSSR count). The zero-order chi connectivity index (χ0) is 9.05. The molecule has 0 N–H and O–H groups in total. The number of carbonyl (C=O) groups is 1. The van der Waals surface area contributed by atoms with Crippen LogP contribution >= 0.6 is 0 Å². The quantitative estimate of drug-likeness (QED) is 0.593. The molecule has 0 amide bonds. The van der Waals surface area contributed by atoms with E-state index in [2.05, 4.69) is 0 Å². The number of carbonyl (C=O) groups excluding carboxylic acids is 1. The SMILES string of the molecule is O=C1c2cccc(F)c2CC12CC2. The van der Waals surface area contributed by atoms with E-state index in [4.69, 9.17) is 0 Å². The van der Waals surface area contributed by atoms with Gasteiger partial charge in [-0.1, -0.05) is 12.1 Å². The Morgan fingerprint density at radius 2 is 2.08 bits per heavy atom. The average Bonchev–Trinajstić information content (AvgIpc) is 2.82. The van der Waals surface area contributed by atoms with Crippen molar-refractivity contribution in [1.82, 2.24) is 0 Å². The number of Topliss-reactive ketones (excluding diaryl/α,β-unsaturated/α-hetero) is 1. The Balaban J connectivity index is 2.22. The van der Waals surface area contributed by atoms with Gasteiger partial charge in [-0.25, -0.2) is 4.39 Å². The smallest absolute Gasteiger partial charge is 0.169 e. The number of benzene rings is 1. The van der Waals surface area contributed by atoms with Crippen molar-refractivity contribution in [3.05, 3.63) is 35.1 Å². The topological polar surface area (TPSA) is 17.1 Å². The second kappa shape index (κ2) is 2.00. The van der Waals surface area contributed by atoms with E-state index >= 15 is 0 Å². The van der Waals surface area contributed by atoms with Crippen LogP contribution < -0.4 is 0 Å². The van der Waals surface area contributed by atoms with E-state index in [1.165, 1.54) is 6.07 Å². The molecule has 1 spiro atoms. The van der Waals surface area contributed by atoms with E-state index in [-0.39, 0.29) is 17.0 Å². The molecule has 1 fully saturated rings. The summed E-state index contributed by atoms with van der Waals surface area (Å²) in [6.45, 7) is 0. The molecule has 0 aliphatic heterocycles. The van der Waals surface area contributed by atoms with Crippen molar-refractivity contribution in [2.75, 3.05) is 0 Å². The minimum atomic E-state index is -0.213. The third-order valence-corrected chi connectivity index (χ3v) is 3.21. The van der Waals surface area contributed by atoms with Crippen molar-refractivity contribution in [2.45, 2.75) is 19.3 Å². The summed E-state index contributed by atoms with van der Waals surface area (Å²) in [6, 6.07) is 4.80. The Labute approximate surface area is 75.6 Å². The predicted octanol–water partition coefficient (Wildman–Crippen LogP) is 2.34. The van der Waals surface area contributed by atoms with Crippen molar-refractivity contribution in [1.29, 1.82) is 0 Å². The van der Waals surface area contributed by atoms with Gasteiger partial charge in [0, 0.05) is 11.0 Å². The van der Waals surface area contributed by atoms with Crippen LogP contribution in [0.25, 0.3) is 0 Å². The normalized spacial score (nSPS) is 22.1. The molecule has 0 bridgehead atoms. The third-order valence-electron chi connectivity index (χ3n) is 3.21. The highest BCUT2D eigenvalue weighted by molar-refractivity contribution is 6.06. The summed E-state index contributed by atoms with van der Waals surface area (Å²) in [5.74, 6) is -0.0448. The molecule has 13 heavy (non-hydrogen) atoms. The lowest BCUT2D eigenvalue weighted by atomic mass is 10.0. The summed E-state index contributed by atoms with van der Waals surface area (Å²) in [6.07, 6.45) is 2.52. The first-order chi connectivity index (χ1) is 6.23. The first kappa shape index (κ1) is 7.25. The number of halogens is 1. The maximum Gasteiger partial charge on any atom is 0.169 e. The second-order valence-electron chi connectivity index (χ2n) is 4.05. The molecule has 1 saturated carbocycles. The van der Waals surface area contributed by atoms with Crippen LogP contribution in [0.1, 0.15) is 28.8 Å². The van der Waals surface area contributed by atoms with Gasteiger partial charge in [0.15, 0.2) is 5.78 Å². The highest BCUT2D eigenvalue weighted by atomic mass is 19.1. The minimum Gasteiger partial charge on any atom is -0.294 e. The largest absolute Gasteiger partial charge is 0.294 e. The first-order valence-electron chi connectivity index (χ1n) is 4.55. The van der Waals surface area contributed by atoms with Crippen LogP contribution in [-0.2, 0) is 6.42 Å². The van der Waals surface area contributed by atoms with Crippen molar-refractivity contribution in [3.63, 3.8) is 0 Å². The number of ketones is 1. The Kier molecular flexibility index (Phi) is 1.12. The fourth-order valence-electron chi connectivity index (χ4n) is 2.21. The first-order valence-corrected chi connectivity index (χ1v) is 4.55. The molecule has 0 unspecified atom stereocenters. The van der Waals surface area contributed by atoms with Gasteiger partial charge in [-0.15, -0.1) is 0 Å². The maximum atomic E-state index is 13.3. The Morgan fingerprint density at radius 1 is 1.31 bits per heavy atom. The fraction of sp³-hybridized carbons (Fsp3) is 0.364. The molecular formula is C11H9FO. The molecule has 2 aliphatic rings. The lowest BCUT2D eigenvalue weighted by Gasteiger charge is -1.98. The Bertz CT molecular complexity index is 405. The Morgan fingerprint density at radius 3 is 2.69 bits per heavy atom. The van der Waals surface area contributed by atoms with Crippen LogP contribution in [0.15, 0.2) is 18.2 Å². The molecule has 1 nitrogen and oxygen atoms in total. The van der Waals surface area contributed by atoms with Crippen LogP contribution in [0.4, 0.5) is 4.39 Å². The molecule has 1 aromatic rings. The number of hydrogen-bond acceptors (Lipinski definition) is 1. The molecule has 0 radical (unpaired) electrons. The summed E-state index contributed by atoms with van der Waals surface area (Å²) in [4.78, 5) is 11.8. The molecular weight excluding hydrogens is 167 g/mol. The minimum absolute atomic E-state index is 0.169.